The summed E-state index contributed by atoms with van der Waals surface area (Å²) in [7, 11) is 0. The van der Waals surface area contributed by atoms with E-state index < -0.39 is 0 Å². The third-order valence-corrected chi connectivity index (χ3v) is 3.57. The maximum absolute atomic E-state index is 11.9. The van der Waals surface area contributed by atoms with E-state index in [1.807, 2.05) is 19.1 Å². The van der Waals surface area contributed by atoms with Crippen molar-refractivity contribution in [1.29, 1.82) is 0 Å². The Labute approximate surface area is 115 Å². The minimum Gasteiger partial charge on any atom is -0.486 e. The first kappa shape index (κ1) is 13.9. The zero-order valence-electron chi connectivity index (χ0n) is 12.2. The van der Waals surface area contributed by atoms with Crippen molar-refractivity contribution in [3.05, 3.63) is 46.8 Å². The van der Waals surface area contributed by atoms with Gasteiger partial charge in [0, 0.05) is 6.42 Å². The molecule has 0 bridgehead atoms. The van der Waals surface area contributed by atoms with Gasteiger partial charge in [-0.15, -0.1) is 0 Å². The number of fused-ring (bicyclic) bond motifs is 1. The summed E-state index contributed by atoms with van der Waals surface area (Å²) in [5.74, 6) is 0.817. The second-order valence-corrected chi connectivity index (χ2v) is 5.96. The van der Waals surface area contributed by atoms with Crippen LogP contribution >= 0.6 is 0 Å². The normalized spacial score (nSPS) is 25.7. The average molecular weight is 258 g/mol. The third-order valence-electron chi connectivity index (χ3n) is 3.57. The molecule has 0 amide bonds. The summed E-state index contributed by atoms with van der Waals surface area (Å²) in [6.45, 7) is 8.27. The van der Waals surface area contributed by atoms with Crippen molar-refractivity contribution in [2.45, 2.75) is 52.6 Å². The van der Waals surface area contributed by atoms with E-state index in [1.165, 1.54) is 5.57 Å². The summed E-state index contributed by atoms with van der Waals surface area (Å²) in [6.07, 6.45) is 10.7. The molecule has 0 aromatic rings. The maximum Gasteiger partial charge on any atom is 0.189 e. The summed E-state index contributed by atoms with van der Waals surface area (Å²) in [6, 6.07) is 0. The molecule has 19 heavy (non-hydrogen) atoms. The lowest BCUT2D eigenvalue weighted by Crippen LogP contribution is -2.33. The quantitative estimate of drug-likeness (QED) is 0.707. The van der Waals surface area contributed by atoms with E-state index >= 15 is 0 Å². The molecule has 1 unspecified atom stereocenters. The fourth-order valence-electron chi connectivity index (χ4n) is 2.46. The van der Waals surface area contributed by atoms with Gasteiger partial charge in [0.15, 0.2) is 5.78 Å². The number of ketones is 1. The topological polar surface area (TPSA) is 26.3 Å². The maximum atomic E-state index is 11.9. The predicted octanol–water partition coefficient (Wildman–Crippen LogP) is 4.25. The molecule has 1 aliphatic carbocycles. The van der Waals surface area contributed by atoms with Crippen LogP contribution in [0.4, 0.5) is 0 Å². The highest BCUT2D eigenvalue weighted by molar-refractivity contribution is 6.09. The molecular weight excluding hydrogens is 236 g/mol. The van der Waals surface area contributed by atoms with Gasteiger partial charge in [0.25, 0.3) is 0 Å². The van der Waals surface area contributed by atoms with Crippen molar-refractivity contribution in [1.82, 2.24) is 0 Å². The minimum absolute atomic E-state index is 0.0707. The molecule has 0 aromatic heterocycles. The number of ether oxygens (including phenoxy) is 1. The molecule has 0 spiro atoms. The molecule has 0 saturated carbocycles. The summed E-state index contributed by atoms with van der Waals surface area (Å²) in [5, 5.41) is 0. The molecule has 1 aliphatic heterocycles. The zero-order valence-corrected chi connectivity index (χ0v) is 12.2. The van der Waals surface area contributed by atoms with Crippen molar-refractivity contribution in [2.24, 2.45) is 0 Å². The summed E-state index contributed by atoms with van der Waals surface area (Å²) in [5.41, 5.74) is 2.83. The van der Waals surface area contributed by atoms with Crippen molar-refractivity contribution in [3.63, 3.8) is 0 Å². The van der Waals surface area contributed by atoms with Crippen molar-refractivity contribution >= 4 is 5.78 Å². The number of hydrogen-bond donors (Lipinski definition) is 0. The SMILES string of the molecule is CC(C)=CCCC1(C)CC=C2C(=O)C=C(C)C=C2O1. The number of allylic oxidation sites excluding steroid dienone is 6. The third kappa shape index (κ3) is 3.25. The molecule has 0 fully saturated rings. The van der Waals surface area contributed by atoms with E-state index in [0.29, 0.717) is 0 Å². The van der Waals surface area contributed by atoms with E-state index in [9.17, 15) is 4.79 Å². The van der Waals surface area contributed by atoms with Crippen LogP contribution in [0.15, 0.2) is 46.8 Å². The Kier molecular flexibility index (Phi) is 3.79. The highest BCUT2D eigenvalue weighted by Crippen LogP contribution is 2.36. The van der Waals surface area contributed by atoms with Crippen LogP contribution in [0, 0.1) is 0 Å². The van der Waals surface area contributed by atoms with Gasteiger partial charge in [-0.2, -0.15) is 0 Å². The smallest absolute Gasteiger partial charge is 0.189 e. The highest BCUT2D eigenvalue weighted by Gasteiger charge is 2.33. The van der Waals surface area contributed by atoms with E-state index in [2.05, 4.69) is 26.8 Å². The second-order valence-electron chi connectivity index (χ2n) is 5.96. The Morgan fingerprint density at radius 1 is 1.42 bits per heavy atom. The van der Waals surface area contributed by atoms with Crippen LogP contribution in [-0.4, -0.2) is 11.4 Å². The monoisotopic (exact) mass is 258 g/mol. The molecule has 102 valence electrons. The van der Waals surface area contributed by atoms with E-state index in [4.69, 9.17) is 4.74 Å². The molecule has 2 heteroatoms. The van der Waals surface area contributed by atoms with Gasteiger partial charge in [-0.3, -0.25) is 4.79 Å². The van der Waals surface area contributed by atoms with Gasteiger partial charge in [-0.1, -0.05) is 17.7 Å². The van der Waals surface area contributed by atoms with Crippen molar-refractivity contribution < 1.29 is 9.53 Å². The van der Waals surface area contributed by atoms with E-state index in [-0.39, 0.29) is 11.4 Å². The predicted molar refractivity (Wildman–Crippen MR) is 77.7 cm³/mol. The van der Waals surface area contributed by atoms with Crippen LogP contribution in [0.2, 0.25) is 0 Å². The van der Waals surface area contributed by atoms with Crippen LogP contribution in [-0.2, 0) is 9.53 Å². The molecule has 0 N–H and O–H groups in total. The van der Waals surface area contributed by atoms with Crippen LogP contribution < -0.4 is 0 Å². The Hall–Kier alpha value is -1.57. The van der Waals surface area contributed by atoms with Gasteiger partial charge in [0.2, 0.25) is 0 Å². The van der Waals surface area contributed by atoms with Crippen LogP contribution in [0.5, 0.6) is 0 Å². The lowest BCUT2D eigenvalue weighted by atomic mass is 9.88. The van der Waals surface area contributed by atoms with Gasteiger partial charge in [0.1, 0.15) is 11.4 Å². The molecule has 2 aliphatic rings. The number of rotatable bonds is 3. The molecule has 0 aromatic carbocycles. The van der Waals surface area contributed by atoms with Crippen LogP contribution in [0.1, 0.15) is 47.0 Å². The van der Waals surface area contributed by atoms with Gasteiger partial charge < -0.3 is 4.74 Å². The van der Waals surface area contributed by atoms with Crippen molar-refractivity contribution in [3.8, 4) is 0 Å². The number of hydrogen-bond acceptors (Lipinski definition) is 2. The van der Waals surface area contributed by atoms with Crippen LogP contribution in [0.3, 0.4) is 0 Å². The van der Waals surface area contributed by atoms with Gasteiger partial charge in [-0.05, 0) is 58.3 Å². The Morgan fingerprint density at radius 3 is 2.84 bits per heavy atom. The largest absolute Gasteiger partial charge is 0.486 e. The van der Waals surface area contributed by atoms with Crippen LogP contribution in [0.25, 0.3) is 0 Å². The first-order valence-electron chi connectivity index (χ1n) is 6.87. The lowest BCUT2D eigenvalue weighted by molar-refractivity contribution is -0.112. The fraction of sp³-hybridized carbons (Fsp3) is 0.471. The number of carbonyl (C=O) groups excluding carboxylic acids is 1. The molecular formula is C17H22O2. The molecule has 2 nitrogen and oxygen atoms in total. The Balaban J connectivity index is 2.13. The van der Waals surface area contributed by atoms with Gasteiger partial charge in [0.05, 0.1) is 5.57 Å². The summed E-state index contributed by atoms with van der Waals surface area (Å²) >= 11 is 0. The first-order valence-corrected chi connectivity index (χ1v) is 6.87. The summed E-state index contributed by atoms with van der Waals surface area (Å²) in [4.78, 5) is 11.9. The first-order chi connectivity index (χ1) is 8.89. The van der Waals surface area contributed by atoms with Crippen molar-refractivity contribution in [2.75, 3.05) is 0 Å². The standard InChI is InChI=1S/C17H22O2/c1-12(2)6-5-8-17(4)9-7-14-15(18)10-13(3)11-16(14)19-17/h6-7,10-11H,5,8-9H2,1-4H3. The molecule has 0 saturated heterocycles. The van der Waals surface area contributed by atoms with E-state index in [0.717, 1.165) is 36.2 Å². The van der Waals surface area contributed by atoms with Gasteiger partial charge >= 0.3 is 0 Å². The molecule has 1 atom stereocenters. The molecule has 1 heterocycles. The lowest BCUT2D eigenvalue weighted by Gasteiger charge is -2.36. The average Bonchev–Trinajstić information content (AvgIpc) is 2.26. The second kappa shape index (κ2) is 5.20. The fourth-order valence-corrected chi connectivity index (χ4v) is 2.46. The Bertz CT molecular complexity index is 513. The Morgan fingerprint density at radius 2 is 2.16 bits per heavy atom. The molecule has 0 radical (unpaired) electrons. The summed E-state index contributed by atoms with van der Waals surface area (Å²) < 4.78 is 6.10. The van der Waals surface area contributed by atoms with Gasteiger partial charge in [-0.25, -0.2) is 0 Å². The molecule has 2 rings (SSSR count). The number of carbonyl (C=O) groups is 1. The van der Waals surface area contributed by atoms with E-state index in [1.54, 1.807) is 6.08 Å². The zero-order chi connectivity index (χ0) is 14.0. The highest BCUT2D eigenvalue weighted by atomic mass is 16.5. The minimum atomic E-state index is -0.195.